The van der Waals surface area contributed by atoms with E-state index < -0.39 is 11.8 Å². The van der Waals surface area contributed by atoms with Crippen LogP contribution in [0.5, 0.6) is 5.75 Å². The number of aromatic nitrogens is 1. The van der Waals surface area contributed by atoms with Crippen LogP contribution in [-0.4, -0.2) is 22.7 Å². The number of hydrogen-bond acceptors (Lipinski definition) is 3. The molecule has 0 saturated heterocycles. The summed E-state index contributed by atoms with van der Waals surface area (Å²) in [5.41, 5.74) is 3.91. The molecule has 0 saturated carbocycles. The summed E-state index contributed by atoms with van der Waals surface area (Å²) in [6.45, 7) is 2.97. The number of fused-ring (bicyclic) bond motifs is 1. The second kappa shape index (κ2) is 11.6. The number of aromatic carboxylic acids is 1. The molecule has 1 aromatic heterocycles. The standard InChI is InChI=1S/C30H30FNO3/c1-2-3-4-5-6-7-18-35-25-15-12-22(13-16-25)21-8-10-23(11-9-21)29-20-27(30(33)34)26-19-24(31)14-17-28(26)32-29/h8-17,19-20H,2-7,18H2,1H3,(H,33,34). The van der Waals surface area contributed by atoms with Gasteiger partial charge < -0.3 is 9.84 Å². The van der Waals surface area contributed by atoms with E-state index in [0.717, 1.165) is 35.5 Å². The van der Waals surface area contributed by atoms with Gasteiger partial charge in [-0.05, 0) is 53.9 Å². The van der Waals surface area contributed by atoms with Gasteiger partial charge in [0.05, 0.1) is 23.4 Å². The van der Waals surface area contributed by atoms with Crippen LogP contribution in [0.25, 0.3) is 33.3 Å². The van der Waals surface area contributed by atoms with Crippen LogP contribution in [0.4, 0.5) is 4.39 Å². The number of unbranched alkanes of at least 4 members (excludes halogenated alkanes) is 5. The molecule has 0 aliphatic rings. The van der Waals surface area contributed by atoms with Crippen molar-refractivity contribution in [1.29, 1.82) is 0 Å². The van der Waals surface area contributed by atoms with E-state index >= 15 is 0 Å². The molecule has 0 fully saturated rings. The predicted molar refractivity (Wildman–Crippen MR) is 138 cm³/mol. The van der Waals surface area contributed by atoms with E-state index in [1.54, 1.807) is 0 Å². The highest BCUT2D eigenvalue weighted by molar-refractivity contribution is 6.03. The molecule has 4 aromatic rings. The van der Waals surface area contributed by atoms with Gasteiger partial charge in [0, 0.05) is 10.9 Å². The normalized spacial score (nSPS) is 11.0. The second-order valence-corrected chi connectivity index (χ2v) is 8.74. The topological polar surface area (TPSA) is 59.4 Å². The number of rotatable bonds is 11. The molecule has 0 aliphatic carbocycles. The van der Waals surface area contributed by atoms with E-state index in [2.05, 4.69) is 11.9 Å². The zero-order valence-electron chi connectivity index (χ0n) is 20.0. The molecule has 0 amide bonds. The molecule has 1 heterocycles. The lowest BCUT2D eigenvalue weighted by Crippen LogP contribution is -2.00. The number of ether oxygens (including phenoxy) is 1. The van der Waals surface area contributed by atoms with Crippen LogP contribution in [-0.2, 0) is 0 Å². The molecular weight excluding hydrogens is 441 g/mol. The van der Waals surface area contributed by atoms with E-state index in [4.69, 9.17) is 4.74 Å². The Morgan fingerprint density at radius 2 is 1.46 bits per heavy atom. The zero-order valence-corrected chi connectivity index (χ0v) is 20.0. The molecule has 0 spiro atoms. The fourth-order valence-electron chi connectivity index (χ4n) is 4.17. The average molecular weight is 472 g/mol. The molecule has 180 valence electrons. The van der Waals surface area contributed by atoms with E-state index in [9.17, 15) is 14.3 Å². The zero-order chi connectivity index (χ0) is 24.6. The van der Waals surface area contributed by atoms with Crippen LogP contribution in [0, 0.1) is 5.82 Å². The highest BCUT2D eigenvalue weighted by Crippen LogP contribution is 2.29. The van der Waals surface area contributed by atoms with E-state index in [0.29, 0.717) is 11.2 Å². The quantitative estimate of drug-likeness (QED) is 0.224. The highest BCUT2D eigenvalue weighted by atomic mass is 19.1. The number of carbonyl (C=O) groups is 1. The summed E-state index contributed by atoms with van der Waals surface area (Å²) in [5, 5.41) is 9.90. The van der Waals surface area contributed by atoms with Gasteiger partial charge >= 0.3 is 5.97 Å². The Kier molecular flexibility index (Phi) is 8.09. The smallest absolute Gasteiger partial charge is 0.336 e. The first-order valence-corrected chi connectivity index (χ1v) is 12.2. The Bertz CT molecular complexity index is 1280. The van der Waals surface area contributed by atoms with Crippen molar-refractivity contribution in [3.63, 3.8) is 0 Å². The lowest BCUT2D eigenvalue weighted by atomic mass is 10.0. The summed E-state index contributed by atoms with van der Waals surface area (Å²) < 4.78 is 19.5. The minimum absolute atomic E-state index is 0.0325. The van der Waals surface area contributed by atoms with Crippen molar-refractivity contribution >= 4 is 16.9 Å². The van der Waals surface area contributed by atoms with Crippen molar-refractivity contribution in [2.45, 2.75) is 45.4 Å². The predicted octanol–water partition coefficient (Wildman–Crippen LogP) is 8.15. The molecule has 1 N–H and O–H groups in total. The maximum absolute atomic E-state index is 13.6. The number of carboxylic acids is 1. The third-order valence-electron chi connectivity index (χ3n) is 6.14. The highest BCUT2D eigenvalue weighted by Gasteiger charge is 2.14. The van der Waals surface area contributed by atoms with Crippen LogP contribution in [0.3, 0.4) is 0 Å². The Hall–Kier alpha value is -3.73. The monoisotopic (exact) mass is 471 g/mol. The van der Waals surface area contributed by atoms with Gasteiger partial charge in [-0.1, -0.05) is 75.4 Å². The second-order valence-electron chi connectivity index (χ2n) is 8.74. The molecule has 0 unspecified atom stereocenters. The Morgan fingerprint density at radius 1 is 0.829 bits per heavy atom. The van der Waals surface area contributed by atoms with Crippen molar-refractivity contribution in [2.24, 2.45) is 0 Å². The lowest BCUT2D eigenvalue weighted by Gasteiger charge is -2.09. The Balaban J connectivity index is 1.43. The van der Waals surface area contributed by atoms with Gasteiger partial charge in [0.15, 0.2) is 0 Å². The van der Waals surface area contributed by atoms with Gasteiger partial charge in [-0.15, -0.1) is 0 Å². The number of benzene rings is 3. The third-order valence-corrected chi connectivity index (χ3v) is 6.14. The minimum atomic E-state index is -1.11. The number of halogens is 1. The summed E-state index contributed by atoms with van der Waals surface area (Å²) >= 11 is 0. The van der Waals surface area contributed by atoms with Crippen LogP contribution in [0.1, 0.15) is 55.8 Å². The van der Waals surface area contributed by atoms with E-state index in [-0.39, 0.29) is 10.9 Å². The number of nitrogens with zero attached hydrogens (tertiary/aromatic N) is 1. The first-order chi connectivity index (χ1) is 17.0. The number of hydrogen-bond donors (Lipinski definition) is 1. The fraction of sp³-hybridized carbons (Fsp3) is 0.267. The molecule has 35 heavy (non-hydrogen) atoms. The molecule has 0 radical (unpaired) electrons. The molecule has 0 atom stereocenters. The maximum Gasteiger partial charge on any atom is 0.336 e. The van der Waals surface area contributed by atoms with E-state index in [1.807, 2.05) is 48.5 Å². The van der Waals surface area contributed by atoms with Gasteiger partial charge in [0.2, 0.25) is 0 Å². The van der Waals surface area contributed by atoms with Crippen molar-refractivity contribution in [2.75, 3.05) is 6.61 Å². The van der Waals surface area contributed by atoms with Crippen molar-refractivity contribution < 1.29 is 19.0 Å². The molecule has 3 aromatic carbocycles. The van der Waals surface area contributed by atoms with Gasteiger partial charge in [0.1, 0.15) is 11.6 Å². The lowest BCUT2D eigenvalue weighted by molar-refractivity contribution is 0.0699. The van der Waals surface area contributed by atoms with Gasteiger partial charge in [-0.3, -0.25) is 0 Å². The first-order valence-electron chi connectivity index (χ1n) is 12.2. The fourth-order valence-corrected chi connectivity index (χ4v) is 4.17. The van der Waals surface area contributed by atoms with Gasteiger partial charge in [0.25, 0.3) is 0 Å². The summed E-state index contributed by atoms with van der Waals surface area (Å²) in [4.78, 5) is 16.3. The summed E-state index contributed by atoms with van der Waals surface area (Å²) in [5.74, 6) is -0.727. The SMILES string of the molecule is CCCCCCCCOc1ccc(-c2ccc(-c3cc(C(=O)O)c4cc(F)ccc4n3)cc2)cc1. The molecule has 0 bridgehead atoms. The first kappa shape index (κ1) is 24.4. The van der Waals surface area contributed by atoms with Gasteiger partial charge in [-0.2, -0.15) is 0 Å². The largest absolute Gasteiger partial charge is 0.494 e. The minimum Gasteiger partial charge on any atom is -0.494 e. The molecule has 4 nitrogen and oxygen atoms in total. The third kappa shape index (κ3) is 6.24. The van der Waals surface area contributed by atoms with Crippen molar-refractivity contribution in [3.8, 4) is 28.1 Å². The Labute approximate surface area is 205 Å². The van der Waals surface area contributed by atoms with Crippen LogP contribution >= 0.6 is 0 Å². The van der Waals surface area contributed by atoms with Crippen LogP contribution in [0.2, 0.25) is 0 Å². The van der Waals surface area contributed by atoms with Crippen molar-refractivity contribution in [1.82, 2.24) is 4.98 Å². The van der Waals surface area contributed by atoms with Crippen molar-refractivity contribution in [3.05, 3.63) is 84.2 Å². The molecule has 4 rings (SSSR count). The summed E-state index contributed by atoms with van der Waals surface area (Å²) in [7, 11) is 0. The summed E-state index contributed by atoms with van der Waals surface area (Å²) in [6.07, 6.45) is 7.45. The average Bonchev–Trinajstić information content (AvgIpc) is 2.88. The molecule has 5 heteroatoms. The molecular formula is C30H30FNO3. The van der Waals surface area contributed by atoms with Crippen LogP contribution < -0.4 is 4.74 Å². The van der Waals surface area contributed by atoms with Crippen LogP contribution in [0.15, 0.2) is 72.8 Å². The Morgan fingerprint density at radius 3 is 2.14 bits per heavy atom. The molecule has 0 aliphatic heterocycles. The van der Waals surface area contributed by atoms with E-state index in [1.165, 1.54) is 56.4 Å². The number of pyridine rings is 1. The van der Waals surface area contributed by atoms with Gasteiger partial charge in [-0.25, -0.2) is 14.2 Å². The summed E-state index contributed by atoms with van der Waals surface area (Å²) in [6, 6.07) is 21.4. The maximum atomic E-state index is 13.6. The number of carboxylic acid groups (broad SMARTS) is 1.